The van der Waals surface area contributed by atoms with Gasteiger partial charge in [0.15, 0.2) is 6.29 Å². The molecule has 25 heavy (non-hydrogen) atoms. The maximum absolute atomic E-state index is 12.5. The number of carbonyl (C=O) groups excluding carboxylic acids is 2. The monoisotopic (exact) mass is 381 g/mol. The highest BCUT2D eigenvalue weighted by Gasteiger charge is 2.46. The number of hydrogen-bond donors (Lipinski definition) is 6. The van der Waals surface area contributed by atoms with Crippen molar-refractivity contribution in [2.45, 2.75) is 62.2 Å². The molecule has 0 spiro atoms. The number of amides is 2. The van der Waals surface area contributed by atoms with E-state index in [4.69, 9.17) is 9.84 Å². The second kappa shape index (κ2) is 8.87. The fourth-order valence-electron chi connectivity index (χ4n) is 2.41. The Morgan fingerprint density at radius 2 is 1.88 bits per heavy atom. The molecule has 1 rings (SSSR count). The lowest BCUT2D eigenvalue weighted by atomic mass is 9.95. The molecule has 2 amide bonds. The van der Waals surface area contributed by atoms with Crippen molar-refractivity contribution in [2.75, 3.05) is 6.61 Å². The molecule has 1 aliphatic rings. The summed E-state index contributed by atoms with van der Waals surface area (Å²) >= 11 is 0.535. The number of nitrogens with zero attached hydrogens (tertiary/aromatic N) is 1. The SMILES string of the molecule is CC(=O)N[C@@H](C(=O)N[C@@H]1[C@@H](O)[C@H](O)[C@@H](CO)O[C@H]1O)C(C)(C)SN=O. The first-order valence-electron chi connectivity index (χ1n) is 7.44. The van der Waals surface area contributed by atoms with Crippen LogP contribution in [0.25, 0.3) is 0 Å². The average Bonchev–Trinajstić information content (AvgIpc) is 2.52. The first-order chi connectivity index (χ1) is 11.5. The van der Waals surface area contributed by atoms with E-state index < -0.39 is 59.9 Å². The molecule has 0 bridgehead atoms. The van der Waals surface area contributed by atoms with Gasteiger partial charge in [-0.2, -0.15) is 0 Å². The number of ether oxygens (including phenoxy) is 1. The Bertz CT molecular complexity index is 506. The quantitative estimate of drug-likeness (QED) is 0.207. The van der Waals surface area contributed by atoms with E-state index in [1.54, 1.807) is 0 Å². The third-order valence-electron chi connectivity index (χ3n) is 3.79. The Morgan fingerprint density at radius 1 is 1.28 bits per heavy atom. The molecule has 1 fully saturated rings. The van der Waals surface area contributed by atoms with Crippen LogP contribution in [0.1, 0.15) is 20.8 Å². The zero-order valence-electron chi connectivity index (χ0n) is 13.9. The fourth-order valence-corrected chi connectivity index (χ4v) is 2.87. The molecule has 1 saturated heterocycles. The summed E-state index contributed by atoms with van der Waals surface area (Å²) in [6.45, 7) is 3.54. The number of hydrogen-bond acceptors (Lipinski definition) is 10. The molecule has 0 aromatic rings. The topological polar surface area (TPSA) is 178 Å². The normalized spacial score (nSPS) is 31.1. The van der Waals surface area contributed by atoms with Crippen LogP contribution in [0.4, 0.5) is 0 Å². The van der Waals surface area contributed by atoms with E-state index in [0.717, 1.165) is 0 Å². The Morgan fingerprint density at radius 3 is 2.36 bits per heavy atom. The van der Waals surface area contributed by atoms with Crippen LogP contribution in [-0.4, -0.2) is 80.3 Å². The first kappa shape index (κ1) is 21.7. The molecule has 1 heterocycles. The Balaban J connectivity index is 2.95. The minimum Gasteiger partial charge on any atom is -0.394 e. The zero-order valence-corrected chi connectivity index (χ0v) is 14.8. The Labute approximate surface area is 148 Å². The summed E-state index contributed by atoms with van der Waals surface area (Å²) in [5.41, 5.74) is 0. The van der Waals surface area contributed by atoms with Gasteiger partial charge >= 0.3 is 0 Å². The smallest absolute Gasteiger partial charge is 0.244 e. The van der Waals surface area contributed by atoms with E-state index >= 15 is 0 Å². The maximum Gasteiger partial charge on any atom is 0.244 e. The highest BCUT2D eigenvalue weighted by Crippen LogP contribution is 2.29. The van der Waals surface area contributed by atoms with Gasteiger partial charge in [-0.05, 0) is 13.8 Å². The number of aliphatic hydroxyl groups is 4. The summed E-state index contributed by atoms with van der Waals surface area (Å²) in [6, 6.07) is -2.63. The molecule has 0 aliphatic carbocycles. The maximum atomic E-state index is 12.5. The highest BCUT2D eigenvalue weighted by atomic mass is 32.2. The number of nitrogens with one attached hydrogen (secondary N) is 2. The van der Waals surface area contributed by atoms with Crippen LogP contribution in [0.15, 0.2) is 4.58 Å². The molecule has 0 radical (unpaired) electrons. The number of aliphatic hydroxyl groups excluding tert-OH is 4. The van der Waals surface area contributed by atoms with Gasteiger partial charge in [-0.25, -0.2) is 0 Å². The van der Waals surface area contributed by atoms with Crippen molar-refractivity contribution in [3.05, 3.63) is 4.91 Å². The molecule has 0 unspecified atom stereocenters. The first-order valence-corrected chi connectivity index (χ1v) is 8.21. The van der Waals surface area contributed by atoms with Crippen molar-refractivity contribution in [3.63, 3.8) is 0 Å². The van der Waals surface area contributed by atoms with Crippen LogP contribution < -0.4 is 10.6 Å². The third-order valence-corrected chi connectivity index (χ3v) is 4.57. The van der Waals surface area contributed by atoms with Gasteiger partial charge in [-0.1, -0.05) is 0 Å². The standard InChI is InChI=1S/C13H23N3O8S/c1-5(18)14-10(13(2,3)25-16-23)11(21)15-7-9(20)8(19)6(4-17)24-12(7)22/h6-10,12,17,19-20,22H,4H2,1-3H3,(H,14,18)(H,15,21)/t6-,7-,8-,9-,10+,12-/m1/s1. The number of rotatable bonds is 7. The summed E-state index contributed by atoms with van der Waals surface area (Å²) in [5.74, 6) is -1.36. The van der Waals surface area contributed by atoms with Crippen molar-refractivity contribution in [3.8, 4) is 0 Å². The minimum atomic E-state index is -1.70. The second-order valence-corrected chi connectivity index (χ2v) is 7.55. The lowest BCUT2D eigenvalue weighted by Crippen LogP contribution is -2.67. The number of carbonyl (C=O) groups is 2. The van der Waals surface area contributed by atoms with Crippen LogP contribution in [0.2, 0.25) is 0 Å². The van der Waals surface area contributed by atoms with E-state index in [1.165, 1.54) is 20.8 Å². The highest BCUT2D eigenvalue weighted by molar-refractivity contribution is 7.99. The predicted molar refractivity (Wildman–Crippen MR) is 87.0 cm³/mol. The summed E-state index contributed by atoms with van der Waals surface area (Å²) in [7, 11) is 0. The number of nitroso groups, excluding NO2 is 1. The van der Waals surface area contributed by atoms with Gasteiger partial charge in [0, 0.05) is 23.5 Å². The molecule has 0 aromatic carbocycles. The van der Waals surface area contributed by atoms with Crippen molar-refractivity contribution in [2.24, 2.45) is 4.58 Å². The molecule has 144 valence electrons. The van der Waals surface area contributed by atoms with Crippen LogP contribution in [0, 0.1) is 4.91 Å². The molecule has 6 atom stereocenters. The molecule has 0 aromatic heterocycles. The van der Waals surface area contributed by atoms with Crippen molar-refractivity contribution < 1.29 is 34.8 Å². The van der Waals surface area contributed by atoms with Gasteiger partial charge in [0.25, 0.3) is 0 Å². The Kier molecular flexibility index (Phi) is 7.71. The molecule has 0 saturated carbocycles. The van der Waals surface area contributed by atoms with E-state index in [9.17, 15) is 29.8 Å². The zero-order chi connectivity index (χ0) is 19.4. The van der Waals surface area contributed by atoms with Crippen LogP contribution >= 0.6 is 11.9 Å². The van der Waals surface area contributed by atoms with Gasteiger partial charge in [0.1, 0.15) is 30.4 Å². The molecular formula is C13H23N3O8S. The molecule has 6 N–H and O–H groups in total. The lowest BCUT2D eigenvalue weighted by molar-refractivity contribution is -0.254. The summed E-state index contributed by atoms with van der Waals surface area (Å²) in [5, 5.41) is 43.5. The summed E-state index contributed by atoms with van der Waals surface area (Å²) in [4.78, 5) is 34.4. The van der Waals surface area contributed by atoms with E-state index in [-0.39, 0.29) is 0 Å². The largest absolute Gasteiger partial charge is 0.394 e. The fraction of sp³-hybridized carbons (Fsp3) is 0.846. The van der Waals surface area contributed by atoms with E-state index in [1.807, 2.05) is 0 Å². The molecule has 1 aliphatic heterocycles. The van der Waals surface area contributed by atoms with Gasteiger partial charge in [0.05, 0.1) is 11.4 Å². The van der Waals surface area contributed by atoms with E-state index in [0.29, 0.717) is 11.9 Å². The molecule has 11 nitrogen and oxygen atoms in total. The lowest BCUT2D eigenvalue weighted by Gasteiger charge is -2.41. The van der Waals surface area contributed by atoms with Crippen molar-refractivity contribution in [1.82, 2.24) is 10.6 Å². The van der Waals surface area contributed by atoms with Gasteiger partial charge in [-0.15, -0.1) is 4.91 Å². The minimum absolute atomic E-state index is 0.535. The van der Waals surface area contributed by atoms with E-state index in [2.05, 4.69) is 15.2 Å². The van der Waals surface area contributed by atoms with Gasteiger partial charge in [-0.3, -0.25) is 9.59 Å². The van der Waals surface area contributed by atoms with Crippen molar-refractivity contribution >= 4 is 23.8 Å². The average molecular weight is 381 g/mol. The van der Waals surface area contributed by atoms with Crippen molar-refractivity contribution in [1.29, 1.82) is 0 Å². The summed E-state index contributed by atoms with van der Waals surface area (Å²) in [6.07, 6.45) is -6.08. The van der Waals surface area contributed by atoms with Crippen LogP contribution in [0.3, 0.4) is 0 Å². The predicted octanol–water partition coefficient (Wildman–Crippen LogP) is -2.40. The van der Waals surface area contributed by atoms with Gasteiger partial charge in [0.2, 0.25) is 11.8 Å². The van der Waals surface area contributed by atoms with Gasteiger partial charge < -0.3 is 35.8 Å². The molecule has 12 heteroatoms. The molecular weight excluding hydrogens is 358 g/mol. The third kappa shape index (κ3) is 5.33. The second-order valence-electron chi connectivity index (χ2n) is 6.17. The van der Waals surface area contributed by atoms with Crippen LogP contribution in [0.5, 0.6) is 0 Å². The Hall–Kier alpha value is -1.31. The van der Waals surface area contributed by atoms with Crippen LogP contribution in [-0.2, 0) is 14.3 Å². The summed E-state index contributed by atoms with van der Waals surface area (Å²) < 4.78 is 6.49.